The molecule has 6 nitrogen and oxygen atoms in total. The second-order valence-corrected chi connectivity index (χ2v) is 13.2. The molecule has 0 saturated carbocycles. The smallest absolute Gasteiger partial charge is 0.384 e. The molecule has 1 unspecified atom stereocenters. The molecule has 1 saturated heterocycles. The predicted octanol–water partition coefficient (Wildman–Crippen LogP) is 8.73. The minimum atomic E-state index is -4.59. The van der Waals surface area contributed by atoms with Crippen molar-refractivity contribution in [2.24, 2.45) is 0 Å². The van der Waals surface area contributed by atoms with E-state index in [1.807, 2.05) is 0 Å². The van der Waals surface area contributed by atoms with Gasteiger partial charge in [0.1, 0.15) is 12.6 Å². The Kier molecular flexibility index (Phi) is 7.93. The Balaban J connectivity index is 1.42. The fourth-order valence-corrected chi connectivity index (χ4v) is 7.01. The molecule has 1 atom stereocenters. The van der Waals surface area contributed by atoms with Crippen molar-refractivity contribution in [3.63, 3.8) is 0 Å². The van der Waals surface area contributed by atoms with E-state index in [0.717, 1.165) is 32.9 Å². The number of alkyl halides is 3. The van der Waals surface area contributed by atoms with Crippen LogP contribution >= 0.6 is 11.8 Å². The lowest BCUT2D eigenvalue weighted by Crippen LogP contribution is -2.50. The molecule has 0 radical (unpaired) electrons. The van der Waals surface area contributed by atoms with Crippen LogP contribution in [0.15, 0.2) is 95.9 Å². The van der Waals surface area contributed by atoms with Crippen molar-refractivity contribution < 1.29 is 54.4 Å². The lowest BCUT2D eigenvalue weighted by Gasteiger charge is -2.40. The van der Waals surface area contributed by atoms with Gasteiger partial charge in [0.25, 0.3) is 0 Å². The van der Waals surface area contributed by atoms with Crippen LogP contribution in [-0.2, 0) is 28.0 Å². The summed E-state index contributed by atoms with van der Waals surface area (Å²) < 4.78 is 183. The number of nitrogens with zero attached hydrogens (tertiary/aromatic N) is 3. The number of amides is 1. The number of aliphatic hydroxyl groups excluding tert-OH is 1. The summed E-state index contributed by atoms with van der Waals surface area (Å²) in [6.45, 7) is -9.55. The number of hydrogen-bond acceptors (Lipinski definition) is 6. The highest BCUT2D eigenvalue weighted by Gasteiger charge is 2.33. The number of halogens is 5. The number of likely N-dealkylation sites (tertiary alicyclic amines) is 1. The molecule has 0 aliphatic carbocycles. The number of anilines is 1. The van der Waals surface area contributed by atoms with E-state index in [-0.39, 0.29) is 64.7 Å². The maximum Gasteiger partial charge on any atom is 0.416 e. The number of carbonyl (C=O) groups is 1. The molecular formula is C41H42F5N3O3S. The van der Waals surface area contributed by atoms with Gasteiger partial charge in [-0.25, -0.2) is 8.78 Å². The van der Waals surface area contributed by atoms with Gasteiger partial charge in [-0.2, -0.15) is 13.2 Å². The molecule has 4 aromatic carbocycles. The molecule has 1 amide bonds. The van der Waals surface area contributed by atoms with Crippen molar-refractivity contribution in [2.45, 2.75) is 50.3 Å². The van der Waals surface area contributed by atoms with Crippen molar-refractivity contribution in [1.29, 1.82) is 0 Å². The average Bonchev–Trinajstić information content (AvgIpc) is 3.23. The molecule has 1 fully saturated rings. The molecule has 2 aliphatic rings. The molecule has 1 N–H and O–H groups in total. The summed E-state index contributed by atoms with van der Waals surface area (Å²) >= 11 is 0.668. The molecule has 12 heteroatoms. The number of ether oxygens (including phenoxy) is 1. The fourth-order valence-electron chi connectivity index (χ4n) is 5.99. The monoisotopic (exact) mass is 764 g/mol. The van der Waals surface area contributed by atoms with E-state index < -0.39 is 98.7 Å². The zero-order valence-corrected chi connectivity index (χ0v) is 29.0. The Bertz CT molecular complexity index is 2510. The molecule has 0 bridgehead atoms. The number of piperidine rings is 1. The standard InChI is InChI=1S/C41H42F5N3O3S/c1-27-6-15-36-34(22-27)37(50)23-39(53-26-31-4-3-5-35(42)40(31)43)49(36)25-38(51)48(33-16-18-47(19-17-33)20-21-52-2)24-28-7-9-29(10-8-28)30-11-13-32(14-12-30)41(44,45)46/h3-15,22-23,33,37,50H,16-21,24-26H2,1-2H3/i2D3,6D,15D,20D2,21D2,22D,23D,24D2. The average molecular weight is 765 g/mol. The van der Waals surface area contributed by atoms with Gasteiger partial charge in [0.05, 0.1) is 32.2 Å². The SMILES string of the molecule is [2H]C1=C(SCc2cccc(F)c2F)N(CC(=O)N(C2CCN(C([2H])([2H])C([2H])([2H])OC([2H])([2H])[2H])CC2)C([2H])([2H])c2ccc(-c3ccc(C(F)(F)F)cc3)cc2)c2c([2H])c([2H])c(C)c([2H])c2C1O. The van der Waals surface area contributed by atoms with E-state index in [1.165, 1.54) is 55.5 Å². The van der Waals surface area contributed by atoms with Crippen molar-refractivity contribution in [3.8, 4) is 11.1 Å². The second-order valence-electron chi connectivity index (χ2n) is 12.3. The predicted molar refractivity (Wildman–Crippen MR) is 198 cm³/mol. The molecule has 280 valence electrons. The van der Waals surface area contributed by atoms with E-state index >= 15 is 4.79 Å². The Morgan fingerprint density at radius 2 is 1.75 bits per heavy atom. The quantitative estimate of drug-likeness (QED) is 0.146. The second kappa shape index (κ2) is 16.8. The van der Waals surface area contributed by atoms with E-state index in [4.69, 9.17) is 15.1 Å². The van der Waals surface area contributed by atoms with Gasteiger partial charge in [0, 0.05) is 64.5 Å². The van der Waals surface area contributed by atoms with Crippen molar-refractivity contribution in [2.75, 3.05) is 44.6 Å². The fraction of sp³-hybridized carbons (Fsp3) is 0.341. The lowest BCUT2D eigenvalue weighted by molar-refractivity contribution is -0.137. The zero-order valence-electron chi connectivity index (χ0n) is 41.2. The number of rotatable bonds is 12. The summed E-state index contributed by atoms with van der Waals surface area (Å²) in [6, 6.07) is 9.81. The summed E-state index contributed by atoms with van der Waals surface area (Å²) in [7, 11) is -3.32. The number of hydrogen-bond donors (Lipinski definition) is 1. The van der Waals surface area contributed by atoms with E-state index in [9.17, 15) is 29.8 Å². The van der Waals surface area contributed by atoms with Gasteiger partial charge in [0.2, 0.25) is 5.91 Å². The summed E-state index contributed by atoms with van der Waals surface area (Å²) in [5, 5.41) is 11.2. The van der Waals surface area contributed by atoms with Gasteiger partial charge in [-0.3, -0.25) is 4.79 Å². The number of aliphatic hydroxyl groups is 1. The van der Waals surface area contributed by atoms with Crippen molar-refractivity contribution >= 4 is 23.4 Å². The topological polar surface area (TPSA) is 56.3 Å². The molecule has 53 heavy (non-hydrogen) atoms. The van der Waals surface area contributed by atoms with Crippen LogP contribution in [0.4, 0.5) is 27.6 Å². The molecule has 0 spiro atoms. The molecule has 4 aromatic rings. The Hall–Kier alpha value is -4.23. The van der Waals surface area contributed by atoms with Crippen molar-refractivity contribution in [3.05, 3.63) is 135 Å². The van der Waals surface area contributed by atoms with Gasteiger partial charge in [-0.05, 0) is 66.7 Å². The number of methoxy groups -OCH3 is 1. The Morgan fingerprint density at radius 3 is 2.43 bits per heavy atom. The molecule has 6 rings (SSSR count). The van der Waals surface area contributed by atoms with Crippen LogP contribution in [-0.4, -0.2) is 66.6 Å². The van der Waals surface area contributed by atoms with Gasteiger partial charge in [-0.15, -0.1) is 11.8 Å². The number of thioether (sulfide) groups is 1. The Labute approximate surface area is 329 Å². The molecule has 0 aromatic heterocycles. The van der Waals surface area contributed by atoms with Crippen LogP contribution in [0.3, 0.4) is 0 Å². The molecular weight excluding hydrogens is 710 g/mol. The van der Waals surface area contributed by atoms with E-state index in [1.54, 1.807) is 0 Å². The minimum absolute atomic E-state index is 0.0345. The third kappa shape index (κ3) is 9.29. The van der Waals surface area contributed by atoms with Crippen LogP contribution in [0, 0.1) is 18.6 Å². The third-order valence-electron chi connectivity index (χ3n) is 8.72. The highest BCUT2D eigenvalue weighted by molar-refractivity contribution is 8.02. The minimum Gasteiger partial charge on any atom is -0.384 e. The summed E-state index contributed by atoms with van der Waals surface area (Å²) in [6.07, 6.45) is -6.97. The molecule has 2 heterocycles. The van der Waals surface area contributed by atoms with Crippen molar-refractivity contribution in [1.82, 2.24) is 9.80 Å². The van der Waals surface area contributed by atoms with Crippen LogP contribution in [0.5, 0.6) is 0 Å². The van der Waals surface area contributed by atoms with Gasteiger partial charge in [0.15, 0.2) is 11.6 Å². The van der Waals surface area contributed by atoms with Crippen LogP contribution in [0.2, 0.25) is 0 Å². The summed E-state index contributed by atoms with van der Waals surface area (Å²) in [4.78, 5) is 17.9. The first-order valence-electron chi connectivity index (χ1n) is 22.9. The first kappa shape index (κ1) is 25.0. The third-order valence-corrected chi connectivity index (χ3v) is 9.78. The Morgan fingerprint density at radius 1 is 1.06 bits per heavy atom. The number of benzene rings is 4. The maximum absolute atomic E-state index is 15.1. The largest absolute Gasteiger partial charge is 0.416 e. The summed E-state index contributed by atoms with van der Waals surface area (Å²) in [5.74, 6) is -3.84. The van der Waals surface area contributed by atoms with E-state index in [0.29, 0.717) is 22.9 Å². The summed E-state index contributed by atoms with van der Waals surface area (Å²) in [5.41, 5.74) is -1.18. The zero-order chi connectivity index (χ0) is 49.1. The maximum atomic E-state index is 15.1. The van der Waals surface area contributed by atoms with Gasteiger partial charge in [-0.1, -0.05) is 66.2 Å². The first-order chi connectivity index (χ1) is 30.5. The number of fused-ring (bicyclic) bond motifs is 1. The van der Waals surface area contributed by atoms with Crippen LogP contribution < -0.4 is 4.90 Å². The lowest BCUT2D eigenvalue weighted by atomic mass is 9.99. The normalized spacial score (nSPS) is 21.5. The van der Waals surface area contributed by atoms with Crippen LogP contribution in [0.1, 0.15) is 64.6 Å². The first-order valence-corrected chi connectivity index (χ1v) is 17.4. The van der Waals surface area contributed by atoms with Gasteiger partial charge < -0.3 is 24.5 Å². The highest BCUT2D eigenvalue weighted by atomic mass is 32.2. The highest BCUT2D eigenvalue weighted by Crippen LogP contribution is 2.41. The van der Waals surface area contributed by atoms with Gasteiger partial charge >= 0.3 is 6.18 Å². The molecule has 2 aliphatic heterocycles. The van der Waals surface area contributed by atoms with E-state index in [2.05, 4.69) is 4.74 Å². The number of carbonyl (C=O) groups excluding carboxylic acids is 1. The van der Waals surface area contributed by atoms with Crippen LogP contribution in [0.25, 0.3) is 11.1 Å².